The topological polar surface area (TPSA) is 108 Å². The fourth-order valence-electron chi connectivity index (χ4n) is 3.34. The highest BCUT2D eigenvalue weighted by atomic mass is 16.6. The van der Waals surface area contributed by atoms with E-state index >= 15 is 0 Å². The van der Waals surface area contributed by atoms with Gasteiger partial charge in [0.1, 0.15) is 26.4 Å². The molecular formula is C28H36O10. The first kappa shape index (κ1) is 29.1. The molecule has 208 valence electrons. The highest BCUT2D eigenvalue weighted by molar-refractivity contribution is 5.91. The molecule has 0 saturated heterocycles. The smallest absolute Gasteiger partial charge is 0.338 e. The third-order valence-electron chi connectivity index (χ3n) is 4.99. The van der Waals surface area contributed by atoms with Gasteiger partial charge in [0.2, 0.25) is 0 Å². The van der Waals surface area contributed by atoms with Gasteiger partial charge in [0, 0.05) is 0 Å². The fourth-order valence-corrected chi connectivity index (χ4v) is 3.34. The zero-order valence-corrected chi connectivity index (χ0v) is 22.4. The van der Waals surface area contributed by atoms with Crippen molar-refractivity contribution < 1.29 is 47.5 Å². The standard InChI is InChI=1S/C28H36O10/c1-19(2)37-27(29)21-5-7-23-25(17-21)35-15-11-31-10-14-34-24-8-6-22(28(30)38-20(3)4)18-26(24)36-16-12-32-9-13-33-23/h5-8,17-20H,9-16H2,1-4H3. The summed E-state index contributed by atoms with van der Waals surface area (Å²) in [5.41, 5.74) is 0.732. The van der Waals surface area contributed by atoms with Gasteiger partial charge in [0.15, 0.2) is 23.0 Å². The SMILES string of the molecule is CC(C)OC(=O)c1ccc2c(c1)OCCOCCOc1ccc(C(=O)OC(C)C)cc1OCCOCCO2. The van der Waals surface area contributed by atoms with Gasteiger partial charge in [-0.1, -0.05) is 0 Å². The van der Waals surface area contributed by atoms with Crippen molar-refractivity contribution in [3.05, 3.63) is 47.5 Å². The van der Waals surface area contributed by atoms with Crippen molar-refractivity contribution in [3.63, 3.8) is 0 Å². The van der Waals surface area contributed by atoms with Crippen molar-refractivity contribution >= 4 is 11.9 Å². The molecule has 0 saturated carbocycles. The van der Waals surface area contributed by atoms with Crippen molar-refractivity contribution in [2.24, 2.45) is 0 Å². The van der Waals surface area contributed by atoms with Crippen molar-refractivity contribution in [1.82, 2.24) is 0 Å². The number of hydrogen-bond acceptors (Lipinski definition) is 10. The van der Waals surface area contributed by atoms with Crippen molar-refractivity contribution in [2.45, 2.75) is 39.9 Å². The summed E-state index contributed by atoms with van der Waals surface area (Å²) in [5, 5.41) is 0. The van der Waals surface area contributed by atoms with Crippen LogP contribution in [-0.2, 0) is 18.9 Å². The van der Waals surface area contributed by atoms with Gasteiger partial charge in [-0.15, -0.1) is 0 Å². The molecule has 10 heteroatoms. The molecule has 2 aromatic carbocycles. The highest BCUT2D eigenvalue weighted by Crippen LogP contribution is 2.30. The monoisotopic (exact) mass is 532 g/mol. The number of rotatable bonds is 4. The molecule has 0 spiro atoms. The zero-order chi connectivity index (χ0) is 27.3. The summed E-state index contributed by atoms with van der Waals surface area (Å²) in [5.74, 6) is 0.898. The third-order valence-corrected chi connectivity index (χ3v) is 4.99. The van der Waals surface area contributed by atoms with Crippen molar-refractivity contribution in [3.8, 4) is 23.0 Å². The van der Waals surface area contributed by atoms with Gasteiger partial charge < -0.3 is 37.9 Å². The molecule has 0 radical (unpaired) electrons. The Labute approximate surface area is 223 Å². The molecule has 0 N–H and O–H groups in total. The van der Waals surface area contributed by atoms with E-state index in [1.165, 1.54) is 0 Å². The predicted molar refractivity (Wildman–Crippen MR) is 138 cm³/mol. The van der Waals surface area contributed by atoms with E-state index in [1.54, 1.807) is 64.1 Å². The van der Waals surface area contributed by atoms with Crippen LogP contribution in [0.4, 0.5) is 0 Å². The van der Waals surface area contributed by atoms with E-state index in [-0.39, 0.29) is 51.8 Å². The molecule has 0 fully saturated rings. The molecule has 0 aliphatic carbocycles. The van der Waals surface area contributed by atoms with E-state index in [4.69, 9.17) is 37.9 Å². The summed E-state index contributed by atoms with van der Waals surface area (Å²) in [6, 6.07) is 9.78. The average Bonchev–Trinajstić information content (AvgIpc) is 2.87. The van der Waals surface area contributed by atoms with Crippen LogP contribution in [0.1, 0.15) is 48.4 Å². The largest absolute Gasteiger partial charge is 0.487 e. The first-order chi connectivity index (χ1) is 18.3. The molecular weight excluding hydrogens is 496 g/mol. The molecule has 0 atom stereocenters. The van der Waals surface area contributed by atoms with Gasteiger partial charge in [-0.2, -0.15) is 0 Å². The molecule has 0 aromatic heterocycles. The normalized spacial score (nSPS) is 15.3. The van der Waals surface area contributed by atoms with Gasteiger partial charge in [0.05, 0.1) is 49.8 Å². The predicted octanol–water partition coefficient (Wildman–Crippen LogP) is 4.08. The second kappa shape index (κ2) is 15.0. The second-order valence-corrected chi connectivity index (χ2v) is 8.85. The summed E-state index contributed by atoms with van der Waals surface area (Å²) < 4.78 is 45.1. The van der Waals surface area contributed by atoms with Crippen LogP contribution >= 0.6 is 0 Å². The maximum Gasteiger partial charge on any atom is 0.338 e. The maximum absolute atomic E-state index is 12.3. The summed E-state index contributed by atoms with van der Waals surface area (Å²) in [7, 11) is 0. The van der Waals surface area contributed by atoms with Crippen molar-refractivity contribution in [1.29, 1.82) is 0 Å². The number of fused-ring (bicyclic) bond motifs is 2. The Morgan fingerprint density at radius 1 is 0.553 bits per heavy atom. The number of carbonyl (C=O) groups excluding carboxylic acids is 2. The molecule has 2 aromatic rings. The van der Waals surface area contributed by atoms with Crippen molar-refractivity contribution in [2.75, 3.05) is 52.9 Å². The molecule has 1 aliphatic rings. The molecule has 0 amide bonds. The van der Waals surface area contributed by atoms with E-state index in [2.05, 4.69) is 0 Å². The van der Waals surface area contributed by atoms with Gasteiger partial charge in [-0.25, -0.2) is 9.59 Å². The van der Waals surface area contributed by atoms with Crippen LogP contribution in [0.15, 0.2) is 36.4 Å². The van der Waals surface area contributed by atoms with E-state index < -0.39 is 11.9 Å². The summed E-state index contributed by atoms with van der Waals surface area (Å²) in [6.45, 7) is 9.31. The lowest BCUT2D eigenvalue weighted by Gasteiger charge is -2.17. The number of esters is 2. The average molecular weight is 533 g/mol. The van der Waals surface area contributed by atoms with E-state index in [0.29, 0.717) is 47.3 Å². The Kier molecular flexibility index (Phi) is 11.5. The quantitative estimate of drug-likeness (QED) is 0.535. The first-order valence-corrected chi connectivity index (χ1v) is 12.7. The minimum Gasteiger partial charge on any atom is -0.487 e. The Balaban J connectivity index is 1.64. The Morgan fingerprint density at radius 2 is 0.895 bits per heavy atom. The summed E-state index contributed by atoms with van der Waals surface area (Å²) in [6.07, 6.45) is -0.469. The van der Waals surface area contributed by atoms with Crippen LogP contribution in [0.3, 0.4) is 0 Å². The highest BCUT2D eigenvalue weighted by Gasteiger charge is 2.16. The molecule has 1 heterocycles. The molecule has 38 heavy (non-hydrogen) atoms. The lowest BCUT2D eigenvalue weighted by molar-refractivity contribution is 0.0365. The lowest BCUT2D eigenvalue weighted by atomic mass is 10.2. The number of benzene rings is 2. The summed E-state index contributed by atoms with van der Waals surface area (Å²) >= 11 is 0. The molecule has 10 nitrogen and oxygen atoms in total. The number of ether oxygens (including phenoxy) is 8. The van der Waals surface area contributed by atoms with E-state index in [9.17, 15) is 9.59 Å². The maximum atomic E-state index is 12.3. The van der Waals surface area contributed by atoms with E-state index in [1.807, 2.05) is 0 Å². The minimum absolute atomic E-state index is 0.233. The second-order valence-electron chi connectivity index (χ2n) is 8.85. The van der Waals surface area contributed by atoms with Crippen LogP contribution in [-0.4, -0.2) is 77.0 Å². The first-order valence-electron chi connectivity index (χ1n) is 12.7. The van der Waals surface area contributed by atoms with Gasteiger partial charge in [-0.05, 0) is 64.1 Å². The van der Waals surface area contributed by atoms with Crippen LogP contribution < -0.4 is 18.9 Å². The third kappa shape index (κ3) is 9.42. The Bertz CT molecular complexity index is 966. The van der Waals surface area contributed by atoms with E-state index in [0.717, 1.165) is 0 Å². The number of hydrogen-bond donors (Lipinski definition) is 0. The van der Waals surface area contributed by atoms with Crippen LogP contribution in [0, 0.1) is 0 Å². The van der Waals surface area contributed by atoms with Gasteiger partial charge in [-0.3, -0.25) is 0 Å². The van der Waals surface area contributed by atoms with Crippen LogP contribution in [0.25, 0.3) is 0 Å². The Morgan fingerprint density at radius 3 is 1.24 bits per heavy atom. The van der Waals surface area contributed by atoms with Crippen LogP contribution in [0.5, 0.6) is 23.0 Å². The lowest BCUT2D eigenvalue weighted by Crippen LogP contribution is -2.16. The fraction of sp³-hybridized carbons (Fsp3) is 0.500. The molecule has 3 rings (SSSR count). The zero-order valence-electron chi connectivity index (χ0n) is 22.4. The van der Waals surface area contributed by atoms with Gasteiger partial charge >= 0.3 is 11.9 Å². The van der Waals surface area contributed by atoms with Crippen LogP contribution in [0.2, 0.25) is 0 Å². The number of carbonyl (C=O) groups is 2. The Hall–Kier alpha value is -3.50. The summed E-state index contributed by atoms with van der Waals surface area (Å²) in [4.78, 5) is 24.6. The molecule has 0 bridgehead atoms. The molecule has 0 unspecified atom stereocenters. The molecule has 1 aliphatic heterocycles. The minimum atomic E-state index is -0.438. The van der Waals surface area contributed by atoms with Gasteiger partial charge in [0.25, 0.3) is 0 Å².